The zero-order chi connectivity index (χ0) is 22.0. The molecular formula is C24H31N3O3S. The van der Waals surface area contributed by atoms with Crippen molar-refractivity contribution >= 4 is 23.2 Å². The summed E-state index contributed by atoms with van der Waals surface area (Å²) >= 11 is 1.62. The number of likely N-dealkylation sites (tertiary alicyclic amines) is 1. The number of aromatic nitrogens is 1. The molecule has 1 unspecified atom stereocenters. The average Bonchev–Trinajstić information content (AvgIpc) is 3.34. The van der Waals surface area contributed by atoms with E-state index >= 15 is 0 Å². The molecule has 166 valence electrons. The molecule has 2 N–H and O–H groups in total. The molecule has 4 rings (SSSR count). The molecule has 7 heteroatoms. The summed E-state index contributed by atoms with van der Waals surface area (Å²) in [6, 6.07) is 7.49. The van der Waals surface area contributed by atoms with Crippen molar-refractivity contribution in [1.82, 2.24) is 15.2 Å². The maximum absolute atomic E-state index is 13.0. The molecule has 2 heterocycles. The lowest BCUT2D eigenvalue weighted by Crippen LogP contribution is -2.47. The summed E-state index contributed by atoms with van der Waals surface area (Å²) in [4.78, 5) is 32.9. The van der Waals surface area contributed by atoms with Gasteiger partial charge in [-0.3, -0.25) is 9.59 Å². The van der Waals surface area contributed by atoms with E-state index in [1.165, 1.54) is 19.3 Å². The number of aliphatic hydroxyl groups is 1. The van der Waals surface area contributed by atoms with Crippen LogP contribution in [0.15, 0.2) is 29.8 Å². The number of rotatable bonds is 7. The molecule has 31 heavy (non-hydrogen) atoms. The van der Waals surface area contributed by atoms with E-state index < -0.39 is 12.1 Å². The van der Waals surface area contributed by atoms with Gasteiger partial charge >= 0.3 is 0 Å². The smallest absolute Gasteiger partial charge is 0.243 e. The van der Waals surface area contributed by atoms with Gasteiger partial charge in [-0.1, -0.05) is 50.5 Å². The molecule has 1 saturated carbocycles. The Morgan fingerprint density at radius 3 is 2.65 bits per heavy atom. The van der Waals surface area contributed by atoms with E-state index in [0.29, 0.717) is 18.9 Å². The van der Waals surface area contributed by atoms with Crippen LogP contribution in [0.5, 0.6) is 0 Å². The lowest BCUT2D eigenvalue weighted by atomic mass is 9.79. The maximum atomic E-state index is 13.0. The molecule has 1 saturated heterocycles. The van der Waals surface area contributed by atoms with Crippen molar-refractivity contribution in [3.05, 3.63) is 41.0 Å². The van der Waals surface area contributed by atoms with Crippen molar-refractivity contribution in [2.45, 2.75) is 64.6 Å². The van der Waals surface area contributed by atoms with Gasteiger partial charge in [-0.15, -0.1) is 11.3 Å². The van der Waals surface area contributed by atoms with E-state index in [4.69, 9.17) is 0 Å². The third kappa shape index (κ3) is 4.99. The summed E-state index contributed by atoms with van der Waals surface area (Å²) in [6.45, 7) is 4.59. The molecule has 2 amide bonds. The highest BCUT2D eigenvalue weighted by atomic mass is 32.1. The van der Waals surface area contributed by atoms with Crippen LogP contribution in [-0.2, 0) is 16.1 Å². The molecule has 1 aromatic carbocycles. The van der Waals surface area contributed by atoms with E-state index in [1.54, 1.807) is 16.2 Å². The number of carbonyl (C=O) groups excluding carboxylic acids is 2. The molecule has 6 nitrogen and oxygen atoms in total. The fourth-order valence-electron chi connectivity index (χ4n) is 4.58. The molecule has 3 atom stereocenters. The standard InChI is InChI=1S/C24H31N3O3S/c1-15(10-17-4-3-5-17)24(30)27-13-20(28)11-21(27)23(29)25-12-18-6-8-19(9-7-18)22-16(2)26-14-31-22/h6-9,14-15,17,20-21,28H,3-5,10-13H2,1-2H3,(H,25,29)/t15?,20-,21+/m1/s1. The highest BCUT2D eigenvalue weighted by molar-refractivity contribution is 7.13. The van der Waals surface area contributed by atoms with Crippen LogP contribution in [0.3, 0.4) is 0 Å². The first kappa shape index (κ1) is 22.0. The second-order valence-electron chi connectivity index (χ2n) is 9.01. The van der Waals surface area contributed by atoms with Crippen molar-refractivity contribution in [3.8, 4) is 10.4 Å². The van der Waals surface area contributed by atoms with Crippen LogP contribution in [0.4, 0.5) is 0 Å². The maximum Gasteiger partial charge on any atom is 0.243 e. The lowest BCUT2D eigenvalue weighted by Gasteiger charge is -2.31. The molecule has 0 bridgehead atoms. The Morgan fingerprint density at radius 2 is 2.03 bits per heavy atom. The largest absolute Gasteiger partial charge is 0.391 e. The van der Waals surface area contributed by atoms with Gasteiger partial charge in [-0.05, 0) is 30.4 Å². The summed E-state index contributed by atoms with van der Waals surface area (Å²) in [6.07, 6.45) is 4.20. The zero-order valence-corrected chi connectivity index (χ0v) is 19.0. The summed E-state index contributed by atoms with van der Waals surface area (Å²) in [5.41, 5.74) is 4.97. The van der Waals surface area contributed by atoms with Gasteiger partial charge in [0.25, 0.3) is 0 Å². The van der Waals surface area contributed by atoms with Gasteiger partial charge in [0.2, 0.25) is 11.8 Å². The Balaban J connectivity index is 1.34. The van der Waals surface area contributed by atoms with Gasteiger partial charge < -0.3 is 15.3 Å². The van der Waals surface area contributed by atoms with Crippen molar-refractivity contribution in [2.75, 3.05) is 6.54 Å². The lowest BCUT2D eigenvalue weighted by molar-refractivity contribution is -0.142. The van der Waals surface area contributed by atoms with E-state index in [-0.39, 0.29) is 24.3 Å². The molecule has 0 spiro atoms. The van der Waals surface area contributed by atoms with E-state index in [1.807, 2.05) is 43.6 Å². The van der Waals surface area contributed by atoms with Gasteiger partial charge in [-0.25, -0.2) is 4.98 Å². The number of aliphatic hydroxyl groups excluding tert-OH is 1. The summed E-state index contributed by atoms with van der Waals surface area (Å²) < 4.78 is 0. The normalized spacial score (nSPS) is 22.2. The molecule has 2 aromatic rings. The fourth-order valence-corrected chi connectivity index (χ4v) is 5.39. The van der Waals surface area contributed by atoms with Crippen LogP contribution < -0.4 is 5.32 Å². The Labute approximate surface area is 187 Å². The number of thiazole rings is 1. The Hall–Kier alpha value is -2.25. The van der Waals surface area contributed by atoms with E-state index in [9.17, 15) is 14.7 Å². The number of nitrogens with zero attached hydrogens (tertiary/aromatic N) is 2. The summed E-state index contributed by atoms with van der Waals surface area (Å²) in [7, 11) is 0. The average molecular weight is 442 g/mol. The monoisotopic (exact) mass is 441 g/mol. The first-order valence-electron chi connectivity index (χ1n) is 11.2. The van der Waals surface area contributed by atoms with Crippen molar-refractivity contribution < 1.29 is 14.7 Å². The zero-order valence-electron chi connectivity index (χ0n) is 18.2. The molecule has 1 aliphatic carbocycles. The second-order valence-corrected chi connectivity index (χ2v) is 9.87. The highest BCUT2D eigenvalue weighted by Crippen LogP contribution is 2.33. The van der Waals surface area contributed by atoms with Gasteiger partial charge in [0, 0.05) is 25.4 Å². The second kappa shape index (κ2) is 9.49. The SMILES string of the molecule is Cc1ncsc1-c1ccc(CNC(=O)[C@@H]2C[C@@H](O)CN2C(=O)C(C)CC2CCC2)cc1. The Bertz CT molecular complexity index is 922. The third-order valence-electron chi connectivity index (χ3n) is 6.63. The minimum absolute atomic E-state index is 0.00659. The minimum atomic E-state index is -0.641. The van der Waals surface area contributed by atoms with Crippen molar-refractivity contribution in [2.24, 2.45) is 11.8 Å². The first-order chi connectivity index (χ1) is 14.9. The third-order valence-corrected chi connectivity index (χ3v) is 7.60. The van der Waals surface area contributed by atoms with E-state index in [0.717, 1.165) is 28.1 Å². The number of β-amino-alcohol motifs (C(OH)–C–C–N with tert-alkyl or cyclic N) is 1. The minimum Gasteiger partial charge on any atom is -0.391 e. The number of hydrogen-bond acceptors (Lipinski definition) is 5. The first-order valence-corrected chi connectivity index (χ1v) is 12.1. The number of aryl methyl sites for hydroxylation is 1. The van der Waals surface area contributed by atoms with Crippen molar-refractivity contribution in [3.63, 3.8) is 0 Å². The van der Waals surface area contributed by atoms with Crippen LogP contribution in [0.25, 0.3) is 10.4 Å². The van der Waals surface area contributed by atoms with Crippen LogP contribution in [-0.4, -0.2) is 45.5 Å². The number of carbonyl (C=O) groups is 2. The number of nitrogens with one attached hydrogen (secondary N) is 1. The summed E-state index contributed by atoms with van der Waals surface area (Å²) in [5.74, 6) is 0.333. The quantitative estimate of drug-likeness (QED) is 0.689. The topological polar surface area (TPSA) is 82.5 Å². The number of hydrogen-bond donors (Lipinski definition) is 2. The molecule has 2 aliphatic rings. The molecule has 1 aliphatic heterocycles. The van der Waals surface area contributed by atoms with Gasteiger partial charge in [0.15, 0.2) is 0 Å². The van der Waals surface area contributed by atoms with Crippen LogP contribution in [0, 0.1) is 18.8 Å². The van der Waals surface area contributed by atoms with Gasteiger partial charge in [0.05, 0.1) is 22.2 Å². The predicted molar refractivity (Wildman–Crippen MR) is 121 cm³/mol. The van der Waals surface area contributed by atoms with Crippen LogP contribution in [0.1, 0.15) is 50.3 Å². The highest BCUT2D eigenvalue weighted by Gasteiger charge is 2.40. The van der Waals surface area contributed by atoms with Crippen LogP contribution >= 0.6 is 11.3 Å². The van der Waals surface area contributed by atoms with Gasteiger partial charge in [0.1, 0.15) is 6.04 Å². The predicted octanol–water partition coefficient (Wildman–Crippen LogP) is 3.52. The Morgan fingerprint density at radius 1 is 1.29 bits per heavy atom. The summed E-state index contributed by atoms with van der Waals surface area (Å²) in [5, 5.41) is 13.1. The number of amides is 2. The Kier molecular flexibility index (Phi) is 6.72. The molecular weight excluding hydrogens is 410 g/mol. The van der Waals surface area contributed by atoms with E-state index in [2.05, 4.69) is 10.3 Å². The molecule has 0 radical (unpaired) electrons. The number of benzene rings is 1. The van der Waals surface area contributed by atoms with Crippen LogP contribution in [0.2, 0.25) is 0 Å². The van der Waals surface area contributed by atoms with Gasteiger partial charge in [-0.2, -0.15) is 0 Å². The van der Waals surface area contributed by atoms with Crippen molar-refractivity contribution in [1.29, 1.82) is 0 Å². The molecule has 1 aromatic heterocycles. The molecule has 2 fully saturated rings. The fraction of sp³-hybridized carbons (Fsp3) is 0.542.